The summed E-state index contributed by atoms with van der Waals surface area (Å²) < 4.78 is 0. The van der Waals surface area contributed by atoms with Crippen molar-refractivity contribution in [2.45, 2.75) is 70.4 Å². The zero-order chi connectivity index (χ0) is 23.6. The van der Waals surface area contributed by atoms with Gasteiger partial charge in [0.05, 0.1) is 13.1 Å². The first-order valence-electron chi connectivity index (χ1n) is 12.2. The molecule has 1 heterocycles. The smallest absolute Gasteiger partial charge is 0.245 e. The number of amides is 4. The SMILES string of the molecule is CCCN1CC(=O)NC(CC2CCCCC2)C(=O)NCC(=O)NC(Cc2ccccc2)C1=O. The normalized spacial score (nSPS) is 23.7. The zero-order valence-electron chi connectivity index (χ0n) is 19.5. The number of benzene rings is 1. The molecule has 2 fully saturated rings. The van der Waals surface area contributed by atoms with Gasteiger partial charge in [-0.3, -0.25) is 19.2 Å². The summed E-state index contributed by atoms with van der Waals surface area (Å²) in [4.78, 5) is 53.2. The van der Waals surface area contributed by atoms with E-state index in [0.29, 0.717) is 31.7 Å². The van der Waals surface area contributed by atoms with Crippen LogP contribution in [-0.2, 0) is 25.6 Å². The van der Waals surface area contributed by atoms with E-state index in [1.807, 2.05) is 37.3 Å². The number of nitrogens with zero attached hydrogens (tertiary/aromatic N) is 1. The van der Waals surface area contributed by atoms with Gasteiger partial charge in [-0.25, -0.2) is 0 Å². The van der Waals surface area contributed by atoms with Crippen molar-refractivity contribution in [2.75, 3.05) is 19.6 Å². The maximum atomic E-state index is 13.4. The highest BCUT2D eigenvalue weighted by atomic mass is 16.2. The van der Waals surface area contributed by atoms with Gasteiger partial charge >= 0.3 is 0 Å². The minimum atomic E-state index is -0.811. The van der Waals surface area contributed by atoms with E-state index in [4.69, 9.17) is 0 Å². The molecule has 0 radical (unpaired) electrons. The second-order valence-corrected chi connectivity index (χ2v) is 9.15. The summed E-state index contributed by atoms with van der Waals surface area (Å²) in [6.07, 6.45) is 7.11. The van der Waals surface area contributed by atoms with Crippen LogP contribution in [0.3, 0.4) is 0 Å². The standard InChI is InChI=1S/C25H36N4O4/c1-2-13-29-17-23(31)27-20(14-18-9-5-3-6-10-18)24(32)26-16-22(30)28-21(25(29)33)15-19-11-7-4-8-12-19/h4,7-8,11-12,18,20-21H,2-3,5-6,9-10,13-17H2,1H3,(H,26,32)(H,27,31)(H,28,30). The van der Waals surface area contributed by atoms with E-state index in [2.05, 4.69) is 16.0 Å². The molecule has 2 unspecified atom stereocenters. The van der Waals surface area contributed by atoms with Crippen LogP contribution in [0.15, 0.2) is 30.3 Å². The average Bonchev–Trinajstić information content (AvgIpc) is 2.82. The Morgan fingerprint density at radius 3 is 2.30 bits per heavy atom. The Hall–Kier alpha value is -2.90. The van der Waals surface area contributed by atoms with Gasteiger partial charge in [-0.05, 0) is 24.3 Å². The molecule has 3 N–H and O–H groups in total. The van der Waals surface area contributed by atoms with E-state index in [-0.39, 0.29) is 30.8 Å². The van der Waals surface area contributed by atoms with Crippen LogP contribution in [0.2, 0.25) is 0 Å². The van der Waals surface area contributed by atoms with E-state index < -0.39 is 18.0 Å². The topological polar surface area (TPSA) is 108 Å². The predicted molar refractivity (Wildman–Crippen MR) is 125 cm³/mol. The fourth-order valence-corrected chi connectivity index (χ4v) is 4.74. The van der Waals surface area contributed by atoms with E-state index in [1.165, 1.54) is 11.3 Å². The van der Waals surface area contributed by atoms with E-state index in [9.17, 15) is 19.2 Å². The summed E-state index contributed by atoms with van der Waals surface area (Å²) >= 11 is 0. The predicted octanol–water partition coefficient (Wildman–Crippen LogP) is 1.54. The van der Waals surface area contributed by atoms with Crippen LogP contribution in [0.25, 0.3) is 0 Å². The third kappa shape index (κ3) is 7.58. The fraction of sp³-hybridized carbons (Fsp3) is 0.600. The van der Waals surface area contributed by atoms with Crippen LogP contribution in [0.4, 0.5) is 0 Å². The Morgan fingerprint density at radius 1 is 0.909 bits per heavy atom. The van der Waals surface area contributed by atoms with Crippen molar-refractivity contribution in [3.63, 3.8) is 0 Å². The fourth-order valence-electron chi connectivity index (χ4n) is 4.74. The van der Waals surface area contributed by atoms with Crippen molar-refractivity contribution in [3.05, 3.63) is 35.9 Å². The lowest BCUT2D eigenvalue weighted by atomic mass is 9.84. The largest absolute Gasteiger partial charge is 0.345 e. The molecule has 33 heavy (non-hydrogen) atoms. The van der Waals surface area contributed by atoms with Crippen LogP contribution in [-0.4, -0.2) is 60.2 Å². The molecule has 1 aliphatic carbocycles. The third-order valence-corrected chi connectivity index (χ3v) is 6.42. The van der Waals surface area contributed by atoms with Gasteiger partial charge in [0.15, 0.2) is 0 Å². The molecule has 0 bridgehead atoms. The zero-order valence-corrected chi connectivity index (χ0v) is 19.5. The number of rotatable bonds is 6. The van der Waals surface area contributed by atoms with E-state index >= 15 is 0 Å². The second kappa shape index (κ2) is 12.4. The molecule has 1 aromatic rings. The van der Waals surface area contributed by atoms with Crippen molar-refractivity contribution >= 4 is 23.6 Å². The molecule has 180 valence electrons. The molecule has 8 nitrogen and oxygen atoms in total. The van der Waals surface area contributed by atoms with Crippen molar-refractivity contribution < 1.29 is 19.2 Å². The van der Waals surface area contributed by atoms with Gasteiger partial charge in [0.1, 0.15) is 12.1 Å². The molecule has 2 atom stereocenters. The molecular formula is C25H36N4O4. The first-order valence-corrected chi connectivity index (χ1v) is 12.2. The summed E-state index contributed by atoms with van der Waals surface area (Å²) in [7, 11) is 0. The van der Waals surface area contributed by atoms with Crippen LogP contribution >= 0.6 is 0 Å². The highest BCUT2D eigenvalue weighted by Gasteiger charge is 2.31. The minimum absolute atomic E-state index is 0.137. The Kier molecular flexibility index (Phi) is 9.27. The van der Waals surface area contributed by atoms with Crippen LogP contribution < -0.4 is 16.0 Å². The molecule has 1 aromatic carbocycles. The third-order valence-electron chi connectivity index (χ3n) is 6.42. The monoisotopic (exact) mass is 456 g/mol. The molecule has 1 aliphatic heterocycles. The Labute approximate surface area is 195 Å². The summed E-state index contributed by atoms with van der Waals surface area (Å²) in [5.41, 5.74) is 0.903. The van der Waals surface area contributed by atoms with Crippen molar-refractivity contribution in [2.24, 2.45) is 5.92 Å². The quantitative estimate of drug-likeness (QED) is 0.603. The van der Waals surface area contributed by atoms with Crippen molar-refractivity contribution in [1.29, 1.82) is 0 Å². The lowest BCUT2D eigenvalue weighted by molar-refractivity contribution is -0.141. The summed E-state index contributed by atoms with van der Waals surface area (Å²) in [6.45, 7) is 1.96. The maximum Gasteiger partial charge on any atom is 0.245 e. The molecule has 1 saturated heterocycles. The van der Waals surface area contributed by atoms with E-state index in [0.717, 1.165) is 31.2 Å². The molecular weight excluding hydrogens is 420 g/mol. The van der Waals surface area contributed by atoms with Gasteiger partial charge in [0, 0.05) is 13.0 Å². The molecule has 2 aliphatic rings. The van der Waals surface area contributed by atoms with E-state index in [1.54, 1.807) is 0 Å². The maximum absolute atomic E-state index is 13.4. The summed E-state index contributed by atoms with van der Waals surface area (Å²) in [5, 5.41) is 8.28. The number of hydrogen-bond acceptors (Lipinski definition) is 4. The van der Waals surface area contributed by atoms with Gasteiger partial charge in [-0.1, -0.05) is 69.4 Å². The number of nitrogens with one attached hydrogen (secondary N) is 3. The highest BCUT2D eigenvalue weighted by molar-refractivity contribution is 5.95. The summed E-state index contributed by atoms with van der Waals surface area (Å²) in [6, 6.07) is 7.91. The van der Waals surface area contributed by atoms with Gasteiger partial charge < -0.3 is 20.9 Å². The number of carbonyl (C=O) groups is 4. The molecule has 1 saturated carbocycles. The molecule has 0 aromatic heterocycles. The second-order valence-electron chi connectivity index (χ2n) is 9.15. The first kappa shape index (κ1) is 24.7. The van der Waals surface area contributed by atoms with Crippen molar-refractivity contribution in [1.82, 2.24) is 20.9 Å². The minimum Gasteiger partial charge on any atom is -0.345 e. The van der Waals surface area contributed by atoms with Crippen molar-refractivity contribution in [3.8, 4) is 0 Å². The van der Waals surface area contributed by atoms with Crippen LogP contribution in [0.5, 0.6) is 0 Å². The average molecular weight is 457 g/mol. The van der Waals surface area contributed by atoms with Gasteiger partial charge in [-0.2, -0.15) is 0 Å². The lowest BCUT2D eigenvalue weighted by Crippen LogP contribution is -2.57. The number of carbonyl (C=O) groups excluding carboxylic acids is 4. The Bertz CT molecular complexity index is 823. The lowest BCUT2D eigenvalue weighted by Gasteiger charge is -2.30. The molecule has 8 heteroatoms. The van der Waals surface area contributed by atoms with Crippen LogP contribution in [0, 0.1) is 5.92 Å². The molecule has 4 amide bonds. The van der Waals surface area contributed by atoms with Gasteiger partial charge in [0.2, 0.25) is 23.6 Å². The van der Waals surface area contributed by atoms with Gasteiger partial charge in [0.25, 0.3) is 0 Å². The highest BCUT2D eigenvalue weighted by Crippen LogP contribution is 2.27. The summed E-state index contributed by atoms with van der Waals surface area (Å²) in [5.74, 6) is -1.03. The first-order chi connectivity index (χ1) is 16.0. The Morgan fingerprint density at radius 2 is 1.61 bits per heavy atom. The molecule has 0 spiro atoms. The van der Waals surface area contributed by atoms with Crippen LogP contribution in [0.1, 0.15) is 57.4 Å². The Balaban J connectivity index is 1.77. The molecule has 3 rings (SSSR count). The van der Waals surface area contributed by atoms with Gasteiger partial charge in [-0.15, -0.1) is 0 Å². The number of hydrogen-bond donors (Lipinski definition) is 3.